The molecule has 1 atom stereocenters. The number of hydrogen-bond donors (Lipinski definition) is 1. The predicted molar refractivity (Wildman–Crippen MR) is 103 cm³/mol. The van der Waals surface area contributed by atoms with E-state index in [9.17, 15) is 0 Å². The molecule has 1 aromatic carbocycles. The number of hydrogen-bond acceptors (Lipinski definition) is 5. The second kappa shape index (κ2) is 7.83. The standard InChI is InChI=1S/C20H26N6/c1-2-19-22-23-20-9-8-18(24-26(19)20)21-14-17-11-13-25(15-17)12-10-16-6-4-3-5-7-16/h3-9,17H,2,10-15H2,1H3,(H,21,24). The van der Waals surface area contributed by atoms with Crippen molar-refractivity contribution in [1.82, 2.24) is 24.7 Å². The van der Waals surface area contributed by atoms with E-state index in [1.807, 2.05) is 16.6 Å². The molecular formula is C20H26N6. The van der Waals surface area contributed by atoms with Gasteiger partial charge in [-0.25, -0.2) is 0 Å². The molecule has 0 spiro atoms. The third-order valence-electron chi connectivity index (χ3n) is 5.14. The summed E-state index contributed by atoms with van der Waals surface area (Å²) in [5.74, 6) is 2.47. The lowest BCUT2D eigenvalue weighted by molar-refractivity contribution is 0.330. The summed E-state index contributed by atoms with van der Waals surface area (Å²) in [6.07, 6.45) is 3.21. The second-order valence-corrected chi connectivity index (χ2v) is 7.03. The van der Waals surface area contributed by atoms with E-state index in [0.717, 1.165) is 49.8 Å². The van der Waals surface area contributed by atoms with E-state index in [2.05, 4.69) is 62.8 Å². The lowest BCUT2D eigenvalue weighted by Crippen LogP contribution is -2.25. The minimum Gasteiger partial charge on any atom is -0.368 e. The van der Waals surface area contributed by atoms with Crippen LogP contribution in [0.15, 0.2) is 42.5 Å². The van der Waals surface area contributed by atoms with Crippen molar-refractivity contribution < 1.29 is 0 Å². The summed E-state index contributed by atoms with van der Waals surface area (Å²) >= 11 is 0. The minimum absolute atomic E-state index is 0.676. The molecule has 1 N–H and O–H groups in total. The molecule has 0 bridgehead atoms. The number of nitrogens with zero attached hydrogens (tertiary/aromatic N) is 5. The molecule has 0 amide bonds. The quantitative estimate of drug-likeness (QED) is 0.710. The number of rotatable bonds is 7. The van der Waals surface area contributed by atoms with Crippen LogP contribution in [-0.2, 0) is 12.8 Å². The van der Waals surface area contributed by atoms with Crippen molar-refractivity contribution in [1.29, 1.82) is 0 Å². The second-order valence-electron chi connectivity index (χ2n) is 7.03. The zero-order valence-corrected chi connectivity index (χ0v) is 15.3. The molecule has 1 fully saturated rings. The summed E-state index contributed by atoms with van der Waals surface area (Å²) in [7, 11) is 0. The molecule has 1 aliphatic rings. The molecule has 3 heterocycles. The fourth-order valence-corrected chi connectivity index (χ4v) is 3.61. The first-order valence-electron chi connectivity index (χ1n) is 9.53. The summed E-state index contributed by atoms with van der Waals surface area (Å²) in [6.45, 7) is 6.53. The molecule has 6 nitrogen and oxygen atoms in total. The number of aryl methyl sites for hydroxylation is 1. The van der Waals surface area contributed by atoms with Gasteiger partial charge in [-0.3, -0.25) is 0 Å². The topological polar surface area (TPSA) is 58.4 Å². The Kier molecular flexibility index (Phi) is 5.11. The van der Waals surface area contributed by atoms with Crippen LogP contribution in [0.25, 0.3) is 5.65 Å². The van der Waals surface area contributed by atoms with Gasteiger partial charge in [0.1, 0.15) is 5.82 Å². The highest BCUT2D eigenvalue weighted by molar-refractivity contribution is 5.44. The van der Waals surface area contributed by atoms with E-state index in [4.69, 9.17) is 0 Å². The van der Waals surface area contributed by atoms with Crippen molar-refractivity contribution in [3.05, 3.63) is 53.9 Å². The van der Waals surface area contributed by atoms with Gasteiger partial charge in [0.15, 0.2) is 11.5 Å². The highest BCUT2D eigenvalue weighted by Gasteiger charge is 2.22. The Hall–Kier alpha value is -2.47. The molecule has 1 aliphatic heterocycles. The van der Waals surface area contributed by atoms with Gasteiger partial charge in [0.2, 0.25) is 0 Å². The summed E-state index contributed by atoms with van der Waals surface area (Å²) in [5, 5.41) is 16.4. The van der Waals surface area contributed by atoms with Crippen LogP contribution in [0.3, 0.4) is 0 Å². The minimum atomic E-state index is 0.676. The van der Waals surface area contributed by atoms with Crippen molar-refractivity contribution in [3.63, 3.8) is 0 Å². The monoisotopic (exact) mass is 350 g/mol. The molecule has 0 saturated carbocycles. The zero-order chi connectivity index (χ0) is 17.8. The molecule has 26 heavy (non-hydrogen) atoms. The lowest BCUT2D eigenvalue weighted by Gasteiger charge is -2.16. The molecule has 136 valence electrons. The highest BCUT2D eigenvalue weighted by Crippen LogP contribution is 2.18. The maximum atomic E-state index is 4.63. The van der Waals surface area contributed by atoms with Crippen LogP contribution in [0.2, 0.25) is 0 Å². The molecular weight excluding hydrogens is 324 g/mol. The predicted octanol–water partition coefficient (Wildman–Crippen LogP) is 2.66. The molecule has 1 unspecified atom stereocenters. The van der Waals surface area contributed by atoms with E-state index in [0.29, 0.717) is 5.92 Å². The third kappa shape index (κ3) is 3.85. The van der Waals surface area contributed by atoms with Crippen molar-refractivity contribution in [2.24, 2.45) is 5.92 Å². The summed E-state index contributed by atoms with van der Waals surface area (Å²) in [4.78, 5) is 2.57. The molecule has 0 aliphatic carbocycles. The third-order valence-corrected chi connectivity index (χ3v) is 5.14. The van der Waals surface area contributed by atoms with Gasteiger partial charge in [-0.1, -0.05) is 37.3 Å². The Morgan fingerprint density at radius 1 is 1.12 bits per heavy atom. The van der Waals surface area contributed by atoms with Gasteiger partial charge >= 0.3 is 0 Å². The highest BCUT2D eigenvalue weighted by atomic mass is 15.4. The Morgan fingerprint density at radius 2 is 2.00 bits per heavy atom. The van der Waals surface area contributed by atoms with Crippen molar-refractivity contribution >= 4 is 11.5 Å². The lowest BCUT2D eigenvalue weighted by atomic mass is 10.1. The van der Waals surface area contributed by atoms with Crippen molar-refractivity contribution in [3.8, 4) is 0 Å². The van der Waals surface area contributed by atoms with Crippen LogP contribution in [-0.4, -0.2) is 50.9 Å². The SMILES string of the molecule is CCc1nnc2ccc(NCC3CCN(CCc4ccccc4)C3)nn12. The number of fused-ring (bicyclic) bond motifs is 1. The summed E-state index contributed by atoms with van der Waals surface area (Å²) in [6, 6.07) is 14.7. The van der Waals surface area contributed by atoms with Crippen LogP contribution >= 0.6 is 0 Å². The number of aromatic nitrogens is 4. The fraction of sp³-hybridized carbons (Fsp3) is 0.450. The number of likely N-dealkylation sites (tertiary alicyclic amines) is 1. The number of benzene rings is 1. The first-order valence-corrected chi connectivity index (χ1v) is 9.53. The first-order chi connectivity index (χ1) is 12.8. The molecule has 3 aromatic rings. The van der Waals surface area contributed by atoms with Crippen LogP contribution < -0.4 is 5.32 Å². The van der Waals surface area contributed by atoms with E-state index in [-0.39, 0.29) is 0 Å². The molecule has 0 radical (unpaired) electrons. The first kappa shape index (κ1) is 17.0. The van der Waals surface area contributed by atoms with Crippen LogP contribution in [0.5, 0.6) is 0 Å². The van der Waals surface area contributed by atoms with Gasteiger partial charge < -0.3 is 10.2 Å². The van der Waals surface area contributed by atoms with E-state index in [1.165, 1.54) is 18.5 Å². The summed E-state index contributed by atoms with van der Waals surface area (Å²) in [5.41, 5.74) is 2.23. The van der Waals surface area contributed by atoms with Gasteiger partial charge in [0.25, 0.3) is 0 Å². The maximum absolute atomic E-state index is 4.63. The normalized spacial score (nSPS) is 17.8. The van der Waals surface area contributed by atoms with Crippen LogP contribution in [0.1, 0.15) is 24.7 Å². The molecule has 4 rings (SSSR count). The molecule has 1 saturated heterocycles. The number of nitrogens with one attached hydrogen (secondary N) is 1. The van der Waals surface area contributed by atoms with Crippen LogP contribution in [0.4, 0.5) is 5.82 Å². The largest absolute Gasteiger partial charge is 0.368 e. The average molecular weight is 350 g/mol. The Morgan fingerprint density at radius 3 is 2.85 bits per heavy atom. The van der Waals surface area contributed by atoms with Crippen molar-refractivity contribution in [2.75, 3.05) is 31.5 Å². The molecule has 2 aromatic heterocycles. The Labute approximate surface area is 154 Å². The zero-order valence-electron chi connectivity index (χ0n) is 15.3. The average Bonchev–Trinajstić information content (AvgIpc) is 3.31. The number of anilines is 1. The van der Waals surface area contributed by atoms with E-state index >= 15 is 0 Å². The van der Waals surface area contributed by atoms with Gasteiger partial charge in [0.05, 0.1) is 0 Å². The molecule has 6 heteroatoms. The maximum Gasteiger partial charge on any atom is 0.178 e. The van der Waals surface area contributed by atoms with Gasteiger partial charge in [0, 0.05) is 26.1 Å². The fourth-order valence-electron chi connectivity index (χ4n) is 3.61. The summed E-state index contributed by atoms with van der Waals surface area (Å²) < 4.78 is 1.84. The van der Waals surface area contributed by atoms with E-state index in [1.54, 1.807) is 0 Å². The van der Waals surface area contributed by atoms with Crippen LogP contribution in [0, 0.1) is 5.92 Å². The Bertz CT molecular complexity index is 844. The van der Waals surface area contributed by atoms with E-state index < -0.39 is 0 Å². The van der Waals surface area contributed by atoms with Crippen molar-refractivity contribution in [2.45, 2.75) is 26.2 Å². The van der Waals surface area contributed by atoms with Gasteiger partial charge in [-0.05, 0) is 43.0 Å². The van der Waals surface area contributed by atoms with Gasteiger partial charge in [-0.2, -0.15) is 4.52 Å². The Balaban J connectivity index is 1.27. The smallest absolute Gasteiger partial charge is 0.178 e. The van der Waals surface area contributed by atoms with Gasteiger partial charge in [-0.15, -0.1) is 15.3 Å².